The minimum atomic E-state index is -4.75. The number of benzene rings is 2. The molecule has 0 saturated carbocycles. The molecular formula is C22H25F3O4. The van der Waals surface area contributed by atoms with Crippen LogP contribution >= 0.6 is 0 Å². The first-order chi connectivity index (χ1) is 13.6. The highest BCUT2D eigenvalue weighted by atomic mass is 19.4. The van der Waals surface area contributed by atoms with E-state index in [9.17, 15) is 23.4 Å². The molecule has 0 aromatic heterocycles. The normalized spacial score (nSPS) is 13.3. The van der Waals surface area contributed by atoms with E-state index >= 15 is 0 Å². The van der Waals surface area contributed by atoms with E-state index in [4.69, 9.17) is 4.74 Å². The Morgan fingerprint density at radius 2 is 1.79 bits per heavy atom. The summed E-state index contributed by atoms with van der Waals surface area (Å²) < 4.78 is 46.9. The van der Waals surface area contributed by atoms with Crippen molar-refractivity contribution in [1.29, 1.82) is 0 Å². The van der Waals surface area contributed by atoms with Crippen molar-refractivity contribution in [3.05, 3.63) is 58.9 Å². The molecule has 0 aliphatic heterocycles. The number of halogens is 3. The van der Waals surface area contributed by atoms with Crippen LogP contribution < -0.4 is 9.47 Å². The number of aryl methyl sites for hydroxylation is 1. The van der Waals surface area contributed by atoms with Gasteiger partial charge in [0, 0.05) is 5.56 Å². The highest BCUT2D eigenvalue weighted by Crippen LogP contribution is 2.39. The molecule has 0 heterocycles. The maximum absolute atomic E-state index is 12.4. The van der Waals surface area contributed by atoms with E-state index in [-0.39, 0.29) is 5.75 Å². The molecule has 0 amide bonds. The third-order valence-corrected chi connectivity index (χ3v) is 4.62. The average Bonchev–Trinajstić information content (AvgIpc) is 2.66. The van der Waals surface area contributed by atoms with Crippen LogP contribution in [-0.2, 0) is 0 Å². The third-order valence-electron chi connectivity index (χ3n) is 4.62. The van der Waals surface area contributed by atoms with Crippen LogP contribution in [0.5, 0.6) is 11.5 Å². The van der Waals surface area contributed by atoms with Gasteiger partial charge in [-0.25, -0.2) is 0 Å². The molecule has 29 heavy (non-hydrogen) atoms. The zero-order valence-corrected chi connectivity index (χ0v) is 16.8. The lowest BCUT2D eigenvalue weighted by molar-refractivity contribution is -0.274. The van der Waals surface area contributed by atoms with Gasteiger partial charge in [-0.3, -0.25) is 0 Å². The van der Waals surface area contributed by atoms with Crippen LogP contribution in [0.3, 0.4) is 0 Å². The second kappa shape index (κ2) is 9.33. The Labute approximate surface area is 168 Å². The third kappa shape index (κ3) is 5.74. The summed E-state index contributed by atoms with van der Waals surface area (Å²) in [5, 5.41) is 19.7. The molecule has 7 heteroatoms. The molecule has 2 N–H and O–H groups in total. The van der Waals surface area contributed by atoms with Gasteiger partial charge >= 0.3 is 6.36 Å². The Hall–Kier alpha value is -2.51. The maximum Gasteiger partial charge on any atom is 0.573 e. The first-order valence-electron chi connectivity index (χ1n) is 9.18. The van der Waals surface area contributed by atoms with Crippen LogP contribution in [0.2, 0.25) is 0 Å². The lowest BCUT2D eigenvalue weighted by Gasteiger charge is -2.21. The molecule has 0 aliphatic rings. The highest BCUT2D eigenvalue weighted by molar-refractivity contribution is 5.73. The molecule has 0 fully saturated rings. The Morgan fingerprint density at radius 1 is 1.17 bits per heavy atom. The lowest BCUT2D eigenvalue weighted by atomic mass is 9.91. The van der Waals surface area contributed by atoms with Gasteiger partial charge < -0.3 is 19.7 Å². The van der Waals surface area contributed by atoms with Crippen LogP contribution in [0, 0.1) is 13.8 Å². The van der Waals surface area contributed by atoms with Gasteiger partial charge in [0.05, 0.1) is 12.9 Å². The summed E-state index contributed by atoms with van der Waals surface area (Å²) in [7, 11) is 0. The van der Waals surface area contributed by atoms with Gasteiger partial charge in [-0.1, -0.05) is 25.1 Å². The molecule has 4 nitrogen and oxygen atoms in total. The van der Waals surface area contributed by atoms with E-state index in [1.165, 1.54) is 24.3 Å². The molecular weight excluding hydrogens is 385 g/mol. The molecule has 2 aromatic rings. The summed E-state index contributed by atoms with van der Waals surface area (Å²) in [6.45, 7) is 7.01. The van der Waals surface area contributed by atoms with Gasteiger partial charge in [-0.15, -0.1) is 13.2 Å². The van der Waals surface area contributed by atoms with E-state index in [1.807, 2.05) is 19.9 Å². The number of rotatable bonds is 7. The summed E-state index contributed by atoms with van der Waals surface area (Å²) in [5.41, 5.74) is 4.28. The van der Waals surface area contributed by atoms with Gasteiger partial charge in [-0.2, -0.15) is 0 Å². The Kier molecular flexibility index (Phi) is 7.32. The lowest BCUT2D eigenvalue weighted by Crippen LogP contribution is -2.16. The van der Waals surface area contributed by atoms with E-state index in [2.05, 4.69) is 4.74 Å². The minimum Gasteiger partial charge on any atom is -0.464 e. The second-order valence-electron chi connectivity index (χ2n) is 6.81. The van der Waals surface area contributed by atoms with Crippen molar-refractivity contribution in [2.45, 2.75) is 46.6 Å². The molecule has 0 spiro atoms. The Balaban J connectivity index is 2.54. The highest BCUT2D eigenvalue weighted by Gasteiger charge is 2.31. The monoisotopic (exact) mass is 410 g/mol. The first-order valence-corrected chi connectivity index (χ1v) is 9.18. The van der Waals surface area contributed by atoms with Crippen molar-refractivity contribution in [2.24, 2.45) is 0 Å². The van der Waals surface area contributed by atoms with Crippen LogP contribution in [0.25, 0.3) is 11.1 Å². The van der Waals surface area contributed by atoms with Crippen molar-refractivity contribution in [2.75, 3.05) is 6.61 Å². The maximum atomic E-state index is 12.4. The van der Waals surface area contributed by atoms with Crippen LogP contribution in [-0.4, -0.2) is 23.2 Å². The van der Waals surface area contributed by atoms with Crippen molar-refractivity contribution >= 4 is 0 Å². The first kappa shape index (κ1) is 22.8. The summed E-state index contributed by atoms with van der Waals surface area (Å²) in [6.07, 6.45) is -3.48. The smallest absolute Gasteiger partial charge is 0.464 e. The number of aliphatic hydroxyl groups is 2. The summed E-state index contributed by atoms with van der Waals surface area (Å²) >= 11 is 0. The van der Waals surface area contributed by atoms with Crippen molar-refractivity contribution in [1.82, 2.24) is 0 Å². The van der Waals surface area contributed by atoms with E-state index < -0.39 is 19.1 Å². The number of hydrogen-bond acceptors (Lipinski definition) is 4. The summed E-state index contributed by atoms with van der Waals surface area (Å²) in [5.74, 6) is 0.117. The molecule has 0 saturated heterocycles. The fraction of sp³-hybridized carbons (Fsp3) is 0.364. The zero-order chi connectivity index (χ0) is 21.8. The fourth-order valence-corrected chi connectivity index (χ4v) is 2.94. The number of aliphatic hydroxyl groups excluding tert-OH is 2. The summed E-state index contributed by atoms with van der Waals surface area (Å²) in [6, 6.07) is 7.36. The quantitative estimate of drug-likeness (QED) is 0.585. The number of ether oxygens (including phenoxy) is 2. The minimum absolute atomic E-state index is 0.305. The van der Waals surface area contributed by atoms with Crippen molar-refractivity contribution in [3.63, 3.8) is 0 Å². The SMILES string of the molecule is CC/C(C)=C/Oc1c(C)c(-c2ccc(OC(F)(F)F)cc2)cc(C)c1C(O)CO. The standard InChI is InChI=1S/C22H25F3O4/c1-5-13(2)12-28-21-15(4)18(10-14(3)20(21)19(27)11-26)16-6-8-17(9-7-16)29-22(23,24)25/h6-10,12,19,26-27H,5,11H2,1-4H3/b13-12+. The van der Waals surface area contributed by atoms with Crippen LogP contribution in [0.4, 0.5) is 13.2 Å². The van der Waals surface area contributed by atoms with Gasteiger partial charge in [0.2, 0.25) is 0 Å². The average molecular weight is 410 g/mol. The van der Waals surface area contributed by atoms with Crippen LogP contribution in [0.15, 0.2) is 42.2 Å². The molecule has 0 bridgehead atoms. The van der Waals surface area contributed by atoms with E-state index in [0.29, 0.717) is 28.0 Å². The van der Waals surface area contributed by atoms with E-state index in [0.717, 1.165) is 17.6 Å². The Bertz CT molecular complexity index is 871. The molecule has 0 radical (unpaired) electrons. The van der Waals surface area contributed by atoms with Gasteiger partial charge in [-0.05, 0) is 67.2 Å². The van der Waals surface area contributed by atoms with Gasteiger partial charge in [0.15, 0.2) is 0 Å². The molecule has 1 unspecified atom stereocenters. The molecule has 0 aliphatic carbocycles. The number of alkyl halides is 3. The number of hydrogen-bond donors (Lipinski definition) is 2. The second-order valence-corrected chi connectivity index (χ2v) is 6.81. The predicted molar refractivity (Wildman–Crippen MR) is 105 cm³/mol. The molecule has 2 aromatic carbocycles. The molecule has 158 valence electrons. The van der Waals surface area contributed by atoms with Crippen LogP contribution in [0.1, 0.15) is 43.1 Å². The largest absolute Gasteiger partial charge is 0.573 e. The fourth-order valence-electron chi connectivity index (χ4n) is 2.94. The predicted octanol–water partition coefficient (Wildman–Crippen LogP) is 5.59. The topological polar surface area (TPSA) is 58.9 Å². The van der Waals surface area contributed by atoms with E-state index in [1.54, 1.807) is 20.1 Å². The zero-order valence-electron chi connectivity index (χ0n) is 16.8. The Morgan fingerprint density at radius 3 is 2.31 bits per heavy atom. The van der Waals surface area contributed by atoms with Gasteiger partial charge in [0.1, 0.15) is 17.6 Å². The van der Waals surface area contributed by atoms with Crippen molar-refractivity contribution < 1.29 is 32.9 Å². The molecule has 2 rings (SSSR count). The number of allylic oxidation sites excluding steroid dienone is 1. The summed E-state index contributed by atoms with van der Waals surface area (Å²) in [4.78, 5) is 0. The molecule has 1 atom stereocenters. The van der Waals surface area contributed by atoms with Crippen molar-refractivity contribution in [3.8, 4) is 22.6 Å². The van der Waals surface area contributed by atoms with Gasteiger partial charge in [0.25, 0.3) is 0 Å².